The molecule has 0 aromatic carbocycles. The summed E-state index contributed by atoms with van der Waals surface area (Å²) in [4.78, 5) is 12.3. The molecular weight excluding hydrogens is 151 g/mol. The summed E-state index contributed by atoms with van der Waals surface area (Å²) in [6.07, 6.45) is 1.46. The molecule has 0 saturated carbocycles. The van der Waals surface area contributed by atoms with Gasteiger partial charge in [-0.2, -0.15) is 5.26 Å². The molecule has 1 rings (SSSR count). The molecule has 1 fully saturated rings. The van der Waals surface area contributed by atoms with Crippen molar-refractivity contribution in [2.24, 2.45) is 5.41 Å². The Hall–Kier alpha value is -0.975. The van der Waals surface area contributed by atoms with Crippen LogP contribution in [-0.4, -0.2) is 31.6 Å². The standard InChI is InChI=1S/C8H11BN2O/c1-8(6-10)2-4-11(5-3-8)7(9)12/h2-5H2,1H3. The smallest absolute Gasteiger partial charge is 0.200 e. The summed E-state index contributed by atoms with van der Waals surface area (Å²) in [5.41, 5.74) is -0.258. The first-order chi connectivity index (χ1) is 5.57. The Morgan fingerprint density at radius 3 is 2.42 bits per heavy atom. The van der Waals surface area contributed by atoms with E-state index in [4.69, 9.17) is 13.1 Å². The molecule has 1 saturated heterocycles. The lowest BCUT2D eigenvalue weighted by Gasteiger charge is -2.34. The van der Waals surface area contributed by atoms with Gasteiger partial charge in [0, 0.05) is 13.1 Å². The molecule has 0 atom stereocenters. The number of nitrogens with zero attached hydrogens (tertiary/aromatic N) is 2. The third-order valence-electron chi connectivity index (χ3n) is 2.45. The fourth-order valence-electron chi connectivity index (χ4n) is 1.33. The number of hydrogen-bond donors (Lipinski definition) is 0. The fraction of sp³-hybridized carbons (Fsp3) is 0.750. The number of hydrogen-bond acceptors (Lipinski definition) is 2. The lowest BCUT2D eigenvalue weighted by atomic mass is 9.81. The number of likely N-dealkylation sites (tertiary alicyclic amines) is 1. The minimum atomic E-state index is -0.380. The normalized spacial score (nSPS) is 21.5. The van der Waals surface area contributed by atoms with Crippen LogP contribution in [0.4, 0.5) is 4.79 Å². The molecule has 0 spiro atoms. The second-order valence-corrected chi connectivity index (χ2v) is 3.50. The highest BCUT2D eigenvalue weighted by molar-refractivity contribution is 6.56. The molecule has 0 unspecified atom stereocenters. The van der Waals surface area contributed by atoms with Gasteiger partial charge in [0.1, 0.15) is 0 Å². The average molecular weight is 162 g/mol. The van der Waals surface area contributed by atoms with Crippen LogP contribution in [-0.2, 0) is 0 Å². The molecule has 0 N–H and O–H groups in total. The van der Waals surface area contributed by atoms with Crippen molar-refractivity contribution in [2.45, 2.75) is 19.8 Å². The van der Waals surface area contributed by atoms with Crippen molar-refractivity contribution in [3.8, 4) is 6.07 Å². The van der Waals surface area contributed by atoms with Gasteiger partial charge >= 0.3 is 0 Å². The topological polar surface area (TPSA) is 44.1 Å². The van der Waals surface area contributed by atoms with E-state index in [1.165, 1.54) is 0 Å². The van der Waals surface area contributed by atoms with Gasteiger partial charge in [-0.3, -0.25) is 4.79 Å². The number of amides is 1. The van der Waals surface area contributed by atoms with E-state index in [0.29, 0.717) is 13.1 Å². The predicted molar refractivity (Wildman–Crippen MR) is 45.7 cm³/mol. The first kappa shape index (κ1) is 9.12. The van der Waals surface area contributed by atoms with Gasteiger partial charge in [-0.05, 0) is 19.8 Å². The summed E-state index contributed by atoms with van der Waals surface area (Å²) in [7, 11) is 5.10. The van der Waals surface area contributed by atoms with E-state index < -0.39 is 0 Å². The van der Waals surface area contributed by atoms with Crippen molar-refractivity contribution in [1.29, 1.82) is 5.26 Å². The zero-order valence-corrected chi connectivity index (χ0v) is 7.21. The molecule has 1 aliphatic heterocycles. The van der Waals surface area contributed by atoms with Crippen molar-refractivity contribution < 1.29 is 4.79 Å². The lowest BCUT2D eigenvalue weighted by Crippen LogP contribution is -2.41. The average Bonchev–Trinajstić information content (AvgIpc) is 2.05. The van der Waals surface area contributed by atoms with Crippen molar-refractivity contribution in [3.05, 3.63) is 0 Å². The third kappa shape index (κ3) is 1.79. The largest absolute Gasteiger partial charge is 0.352 e. The third-order valence-corrected chi connectivity index (χ3v) is 2.45. The molecule has 1 aliphatic rings. The number of rotatable bonds is 0. The van der Waals surface area contributed by atoms with E-state index in [9.17, 15) is 4.79 Å². The van der Waals surface area contributed by atoms with Gasteiger partial charge in [-0.25, -0.2) is 0 Å². The summed E-state index contributed by atoms with van der Waals surface area (Å²) in [6.45, 7) is 3.14. The van der Waals surface area contributed by atoms with E-state index in [0.717, 1.165) is 12.8 Å². The maximum atomic E-state index is 10.7. The summed E-state index contributed by atoms with van der Waals surface area (Å²) in [6, 6.07) is 2.26. The first-order valence-corrected chi connectivity index (χ1v) is 4.03. The van der Waals surface area contributed by atoms with Gasteiger partial charge in [0.05, 0.1) is 11.5 Å². The number of piperidine rings is 1. The Bertz CT molecular complexity index is 226. The van der Waals surface area contributed by atoms with E-state index in [-0.39, 0.29) is 11.2 Å². The Balaban J connectivity index is 2.51. The van der Waals surface area contributed by atoms with Crippen LogP contribution < -0.4 is 0 Å². The maximum absolute atomic E-state index is 10.7. The quantitative estimate of drug-likeness (QED) is 0.496. The molecular formula is C8H11BN2O. The highest BCUT2D eigenvalue weighted by atomic mass is 16.1. The van der Waals surface area contributed by atoms with Crippen molar-refractivity contribution in [1.82, 2.24) is 4.90 Å². The molecule has 4 heteroatoms. The van der Waals surface area contributed by atoms with Crippen LogP contribution in [0.15, 0.2) is 0 Å². The Morgan fingerprint density at radius 2 is 2.08 bits per heavy atom. The molecule has 0 aromatic heterocycles. The van der Waals surface area contributed by atoms with E-state index in [1.54, 1.807) is 4.90 Å². The van der Waals surface area contributed by atoms with Crippen LogP contribution in [0.5, 0.6) is 0 Å². The second kappa shape index (κ2) is 3.18. The van der Waals surface area contributed by atoms with Gasteiger partial charge in [0.2, 0.25) is 7.85 Å². The Labute approximate surface area is 73.8 Å². The van der Waals surface area contributed by atoms with Gasteiger partial charge < -0.3 is 4.90 Å². The highest BCUT2D eigenvalue weighted by Crippen LogP contribution is 2.29. The zero-order valence-electron chi connectivity index (χ0n) is 7.21. The van der Waals surface area contributed by atoms with Crippen molar-refractivity contribution in [2.75, 3.05) is 13.1 Å². The van der Waals surface area contributed by atoms with Gasteiger partial charge in [-0.1, -0.05) is 0 Å². The molecule has 1 amide bonds. The monoisotopic (exact) mass is 162 g/mol. The van der Waals surface area contributed by atoms with Crippen LogP contribution in [0, 0.1) is 16.7 Å². The van der Waals surface area contributed by atoms with Gasteiger partial charge in [-0.15, -0.1) is 0 Å². The molecule has 12 heavy (non-hydrogen) atoms. The number of carbonyl (C=O) groups excluding carboxylic acids is 1. The molecule has 2 radical (unpaired) electrons. The molecule has 0 bridgehead atoms. The zero-order chi connectivity index (χ0) is 9.19. The maximum Gasteiger partial charge on any atom is 0.200 e. The van der Waals surface area contributed by atoms with Crippen molar-refractivity contribution in [3.63, 3.8) is 0 Å². The van der Waals surface area contributed by atoms with Crippen LogP contribution in [0.2, 0.25) is 0 Å². The van der Waals surface area contributed by atoms with Crippen LogP contribution in [0.1, 0.15) is 19.8 Å². The fourth-order valence-corrected chi connectivity index (χ4v) is 1.33. The summed E-state index contributed by atoms with van der Waals surface area (Å²) < 4.78 is 0. The lowest BCUT2D eigenvalue weighted by molar-refractivity contribution is 0.174. The number of carbonyl (C=O) groups is 1. The molecule has 62 valence electrons. The predicted octanol–water partition coefficient (Wildman–Crippen LogP) is 0.901. The molecule has 1 heterocycles. The molecule has 3 nitrogen and oxygen atoms in total. The van der Waals surface area contributed by atoms with E-state index in [1.807, 2.05) is 6.92 Å². The highest BCUT2D eigenvalue weighted by Gasteiger charge is 2.30. The Morgan fingerprint density at radius 1 is 1.58 bits per heavy atom. The first-order valence-electron chi connectivity index (χ1n) is 4.03. The number of nitriles is 1. The van der Waals surface area contributed by atoms with E-state index >= 15 is 0 Å². The summed E-state index contributed by atoms with van der Waals surface area (Å²) in [5, 5.41) is 8.79. The molecule has 0 aliphatic carbocycles. The Kier molecular flexibility index (Phi) is 2.42. The SMILES string of the molecule is [B]C(=O)N1CCC(C)(C#N)CC1. The summed E-state index contributed by atoms with van der Waals surface area (Å²) >= 11 is 0. The van der Waals surface area contributed by atoms with Crippen LogP contribution >= 0.6 is 0 Å². The van der Waals surface area contributed by atoms with Crippen LogP contribution in [0.25, 0.3) is 0 Å². The minimum absolute atomic E-state index is 0.258. The summed E-state index contributed by atoms with van der Waals surface area (Å²) in [5.74, 6) is -0.380. The van der Waals surface area contributed by atoms with Gasteiger partial charge in [0.25, 0.3) is 0 Å². The van der Waals surface area contributed by atoms with Gasteiger partial charge in [0.15, 0.2) is 5.81 Å². The minimum Gasteiger partial charge on any atom is -0.352 e. The van der Waals surface area contributed by atoms with Crippen LogP contribution in [0.3, 0.4) is 0 Å². The van der Waals surface area contributed by atoms with E-state index in [2.05, 4.69) is 6.07 Å². The molecule has 0 aromatic rings. The second-order valence-electron chi connectivity index (χ2n) is 3.50. The van der Waals surface area contributed by atoms with Crippen molar-refractivity contribution >= 4 is 13.7 Å².